The maximum atomic E-state index is 7.01. The topological polar surface area (TPSA) is 22.2 Å². The summed E-state index contributed by atoms with van der Waals surface area (Å²) in [6.07, 6.45) is 0. The fourth-order valence-electron chi connectivity index (χ4n) is 14.6. The van der Waals surface area contributed by atoms with Crippen LogP contribution in [-0.4, -0.2) is 50.1 Å². The van der Waals surface area contributed by atoms with Crippen molar-refractivity contribution in [1.29, 1.82) is 0 Å². The van der Waals surface area contributed by atoms with E-state index in [1.165, 1.54) is 89.8 Å². The molecule has 13 aromatic carbocycles. The zero-order valence-electron chi connectivity index (χ0n) is 47.7. The normalized spacial score (nSPS) is 13.3. The van der Waals surface area contributed by atoms with Gasteiger partial charge in [-0.2, -0.15) is 0 Å². The first-order valence-electron chi connectivity index (χ1n) is 30.2. The van der Waals surface area contributed by atoms with Crippen molar-refractivity contribution in [3.8, 4) is 11.5 Å². The fraction of sp³-hybridized carbons (Fsp3) is 0. The fourth-order valence-corrected chi connectivity index (χ4v) is 20.7. The molecule has 88 heavy (non-hydrogen) atoms. The number of nitrogens with zero attached hydrogens (tertiary/aromatic N) is 4. The molecule has 0 unspecified atom stereocenters. The van der Waals surface area contributed by atoms with Crippen molar-refractivity contribution >= 4 is 185 Å². The first-order valence-corrected chi connectivity index (χ1v) is 33.6. The number of fused-ring (bicyclic) bond motifs is 10. The molecule has 0 saturated carbocycles. The van der Waals surface area contributed by atoms with Gasteiger partial charge in [0.05, 0.1) is 0 Å². The van der Waals surface area contributed by atoms with Gasteiger partial charge in [-0.1, -0.05) is 0 Å². The van der Waals surface area contributed by atoms with Crippen LogP contribution in [0.4, 0.5) is 68.2 Å². The molecule has 0 bridgehead atoms. The van der Waals surface area contributed by atoms with Crippen LogP contribution in [0, 0.1) is 0 Å². The van der Waals surface area contributed by atoms with Crippen LogP contribution < -0.4 is 91.3 Å². The van der Waals surface area contributed by atoms with E-state index < -0.39 is 0 Å². The Morgan fingerprint density at radius 3 is 0.966 bits per heavy atom. The van der Waals surface area contributed by atoms with Crippen LogP contribution in [0.1, 0.15) is 0 Å². The van der Waals surface area contributed by atoms with Crippen LogP contribution in [0.3, 0.4) is 0 Å². The number of benzene rings is 13. The third kappa shape index (κ3) is 8.10. The predicted molar refractivity (Wildman–Crippen MR) is 375 cm³/mol. The summed E-state index contributed by atoms with van der Waals surface area (Å²) in [4.78, 5) is 10.0. The molecule has 18 rings (SSSR count). The minimum atomic E-state index is -0.193. The van der Waals surface area contributed by atoms with Crippen LogP contribution >= 0.6 is 0 Å². The van der Waals surface area contributed by atoms with Crippen LogP contribution in [0.2, 0.25) is 0 Å². The van der Waals surface area contributed by atoms with Crippen molar-refractivity contribution in [2.24, 2.45) is 0 Å². The Labute approximate surface area is 526 Å². The third-order valence-electron chi connectivity index (χ3n) is 18.2. The Morgan fingerprint density at radius 2 is 0.580 bits per heavy atom. The van der Waals surface area contributed by atoms with Gasteiger partial charge in [0.1, 0.15) is 0 Å². The summed E-state index contributed by atoms with van der Waals surface area (Å²) in [5.74, 6) is 1.84. The number of hydrogen-bond acceptors (Lipinski definition) is 5. The zero-order valence-corrected chi connectivity index (χ0v) is 51.1. The van der Waals surface area contributed by atoms with Gasteiger partial charge in [-0.25, -0.2) is 0 Å². The average Bonchev–Trinajstić information content (AvgIpc) is 0.744. The van der Waals surface area contributed by atoms with Crippen LogP contribution in [-0.2, 0) is 0 Å². The van der Waals surface area contributed by atoms with Crippen LogP contribution in [0.15, 0.2) is 309 Å². The second-order valence-corrected chi connectivity index (χ2v) is 27.4. The van der Waals surface area contributed by atoms with Crippen molar-refractivity contribution in [3.63, 3.8) is 0 Å². The van der Waals surface area contributed by atoms with E-state index in [1.54, 1.807) is 0 Å². The van der Waals surface area contributed by atoms with Crippen molar-refractivity contribution in [3.05, 3.63) is 309 Å². The van der Waals surface area contributed by atoms with E-state index in [0.29, 0.717) is 0 Å². The quantitative estimate of drug-likeness (QED) is 0.134. The first kappa shape index (κ1) is 51.3. The number of ether oxygens (including phenoxy) is 1. The molecule has 0 radical (unpaired) electrons. The van der Waals surface area contributed by atoms with Gasteiger partial charge in [0.25, 0.3) is 0 Å². The third-order valence-corrected chi connectivity index (χ3v) is 23.3. The van der Waals surface area contributed by atoms with Gasteiger partial charge < -0.3 is 0 Å². The molecular formula is C78H51B3N4OSe2. The van der Waals surface area contributed by atoms with E-state index in [0.717, 1.165) is 57.0 Å². The molecule has 0 spiro atoms. The molecule has 0 amide bonds. The van der Waals surface area contributed by atoms with Gasteiger partial charge in [0.15, 0.2) is 0 Å². The molecule has 5 aliphatic heterocycles. The molecule has 0 atom stereocenters. The van der Waals surface area contributed by atoms with Crippen molar-refractivity contribution in [2.75, 3.05) is 19.6 Å². The maximum absolute atomic E-state index is 7.01. The van der Waals surface area contributed by atoms with E-state index in [1.807, 2.05) is 0 Å². The van der Waals surface area contributed by atoms with E-state index in [-0.39, 0.29) is 50.1 Å². The molecule has 0 N–H and O–H groups in total. The van der Waals surface area contributed by atoms with E-state index in [2.05, 4.69) is 329 Å². The molecular weight excluding hydrogens is 1200 g/mol. The summed E-state index contributed by atoms with van der Waals surface area (Å²) in [5, 5.41) is 0. The van der Waals surface area contributed by atoms with E-state index in [9.17, 15) is 0 Å². The summed E-state index contributed by atoms with van der Waals surface area (Å²) in [5.41, 5.74) is 26.0. The Kier molecular flexibility index (Phi) is 12.2. The monoisotopic (exact) mass is 1250 g/mol. The molecule has 5 heterocycles. The molecule has 5 nitrogen and oxygen atoms in total. The van der Waals surface area contributed by atoms with Gasteiger partial charge in [-0.15, -0.1) is 0 Å². The molecule has 13 aromatic rings. The zero-order chi connectivity index (χ0) is 57.8. The average molecular weight is 1250 g/mol. The van der Waals surface area contributed by atoms with Gasteiger partial charge in [0, 0.05) is 0 Å². The second-order valence-electron chi connectivity index (χ2n) is 23.0. The van der Waals surface area contributed by atoms with E-state index >= 15 is 0 Å². The number of hydrogen-bond donors (Lipinski definition) is 0. The van der Waals surface area contributed by atoms with Crippen molar-refractivity contribution in [2.45, 2.75) is 0 Å². The molecule has 0 aromatic heterocycles. The standard InChI is InChI=1S/C78H51B3N4OSe2/c1-7-27-52(28-8-1)82(53-29-9-2-10-30-53)58-47-68-74-72(49-58)87-77-64(79(74)60-39-19-23-43-66(60)84(68)56-35-15-5-16-36-56)51-65-78(76(77)81-62-41-21-25-45-70(62)86-71-46-26-22-42-63(71)81)88-73-50-59(83(54-31-11-3-12-32-54)55-33-13-4-14-34-55)48-69-75(73)80(65)61-40-20-24-44-67(61)85(69)57-37-17-6-18-38-57/h1-51H. The first-order chi connectivity index (χ1) is 43.7. The second kappa shape index (κ2) is 20.9. The molecule has 5 aliphatic rings. The summed E-state index contributed by atoms with van der Waals surface area (Å²) in [6.45, 7) is -0.257. The summed E-state index contributed by atoms with van der Waals surface area (Å²) in [6, 6.07) is 115. The van der Waals surface area contributed by atoms with Gasteiger partial charge >= 0.3 is 531 Å². The SMILES string of the molecule is c1ccc(N(c2ccccc2)c2cc3c4c(c2)N(c2ccccc2)c2ccccc2B4c2cc4c(c(B5c6ccccc6Oc6ccccc65)c2[Se]3)[Se]c2cc(N(c3ccccc3)c3ccccc3)cc3c2B4c2ccccc2N3c2ccccc2)cc1. The number of rotatable bonds is 9. The van der Waals surface area contributed by atoms with Crippen LogP contribution in [0.25, 0.3) is 0 Å². The molecule has 10 heteroatoms. The van der Waals surface area contributed by atoms with Crippen LogP contribution in [0.5, 0.6) is 11.5 Å². The summed E-state index contributed by atoms with van der Waals surface area (Å²) < 4.78 is 12.8. The Hall–Kier alpha value is -9.91. The Morgan fingerprint density at radius 1 is 0.261 bits per heavy atom. The van der Waals surface area contributed by atoms with Crippen molar-refractivity contribution in [1.82, 2.24) is 0 Å². The summed E-state index contributed by atoms with van der Waals surface area (Å²) in [7, 11) is 0. The number of para-hydroxylation sites is 10. The van der Waals surface area contributed by atoms with Gasteiger partial charge in [0.2, 0.25) is 0 Å². The van der Waals surface area contributed by atoms with Crippen molar-refractivity contribution < 1.29 is 4.74 Å². The Balaban J connectivity index is 0.962. The minimum absolute atomic E-state index is 0.0715. The van der Waals surface area contributed by atoms with E-state index in [4.69, 9.17) is 4.74 Å². The van der Waals surface area contributed by atoms with Gasteiger partial charge in [-0.3, -0.25) is 0 Å². The Bertz CT molecular complexity index is 4510. The molecule has 0 saturated heterocycles. The molecule has 410 valence electrons. The molecule has 0 fully saturated rings. The number of anilines is 12. The predicted octanol–water partition coefficient (Wildman–Crippen LogP) is 9.78. The van der Waals surface area contributed by atoms with Gasteiger partial charge in [-0.05, 0) is 0 Å². The molecule has 0 aliphatic carbocycles. The summed E-state index contributed by atoms with van der Waals surface area (Å²) >= 11 is -0.386.